The molecule has 0 radical (unpaired) electrons. The largest absolute Gasteiger partial charge is 0.374 e. The van der Waals surface area contributed by atoms with Gasteiger partial charge in [0.15, 0.2) is 0 Å². The van der Waals surface area contributed by atoms with Crippen LogP contribution in [-0.2, 0) is 4.74 Å². The molecule has 0 aliphatic carbocycles. The summed E-state index contributed by atoms with van der Waals surface area (Å²) in [7, 11) is 0. The molecule has 1 N–H and O–H groups in total. The molecule has 2 aliphatic heterocycles. The molecule has 2 unspecified atom stereocenters. The number of nitrogens with zero attached hydrogens (tertiary/aromatic N) is 5. The highest BCUT2D eigenvalue weighted by Gasteiger charge is 2.41. The van der Waals surface area contributed by atoms with Gasteiger partial charge in [-0.2, -0.15) is 4.98 Å². The summed E-state index contributed by atoms with van der Waals surface area (Å²) in [6, 6.07) is 11.6. The van der Waals surface area contributed by atoms with E-state index in [-0.39, 0.29) is 12.0 Å². The maximum Gasteiger partial charge on any atom is 0.274 e. The molecule has 3 aromatic heterocycles. The fraction of sp³-hybridized carbons (Fsp3) is 0.273. The Labute approximate surface area is 177 Å². The molecular weight excluding hydrogens is 396 g/mol. The summed E-state index contributed by atoms with van der Waals surface area (Å²) in [6.07, 6.45) is 4.65. The third-order valence-electron chi connectivity index (χ3n) is 5.95. The number of aromatic nitrogens is 4. The molecule has 4 aromatic rings. The lowest BCUT2D eigenvalue weighted by Crippen LogP contribution is -2.37. The van der Waals surface area contributed by atoms with Crippen LogP contribution in [0.1, 0.15) is 22.5 Å². The number of ether oxygens (including phenoxy) is 1. The van der Waals surface area contributed by atoms with Crippen LogP contribution in [0.3, 0.4) is 0 Å². The molecule has 1 aromatic carbocycles. The first-order chi connectivity index (χ1) is 15.2. The van der Waals surface area contributed by atoms with Gasteiger partial charge in [-0.3, -0.25) is 9.20 Å². The van der Waals surface area contributed by atoms with Gasteiger partial charge in [0.2, 0.25) is 0 Å². The predicted molar refractivity (Wildman–Crippen MR) is 113 cm³/mol. The number of rotatable bonds is 4. The minimum absolute atomic E-state index is 0.238. The van der Waals surface area contributed by atoms with E-state index in [0.717, 1.165) is 29.7 Å². The molecule has 2 bridgehead atoms. The lowest BCUT2D eigenvalue weighted by atomic mass is 10.1. The fourth-order valence-corrected chi connectivity index (χ4v) is 4.27. The van der Waals surface area contributed by atoms with Gasteiger partial charge in [-0.1, -0.05) is 12.1 Å². The second kappa shape index (κ2) is 6.92. The summed E-state index contributed by atoms with van der Waals surface area (Å²) in [4.78, 5) is 23.9. The lowest BCUT2D eigenvalue weighted by molar-refractivity contribution is 0.0984. The van der Waals surface area contributed by atoms with E-state index in [0.29, 0.717) is 35.9 Å². The van der Waals surface area contributed by atoms with E-state index in [2.05, 4.69) is 25.3 Å². The second-order valence-electron chi connectivity index (χ2n) is 7.95. The smallest absolute Gasteiger partial charge is 0.274 e. The number of fused-ring (bicyclic) bond motifs is 3. The van der Waals surface area contributed by atoms with Crippen LogP contribution in [0.25, 0.3) is 17.1 Å². The number of hydrogen-bond acceptors (Lipinski definition) is 7. The zero-order valence-electron chi connectivity index (χ0n) is 16.9. The van der Waals surface area contributed by atoms with Crippen molar-refractivity contribution in [3.8, 4) is 11.5 Å². The molecule has 6 rings (SSSR count). The van der Waals surface area contributed by atoms with E-state index >= 15 is 0 Å². The minimum atomic E-state index is -0.238. The molecule has 2 atom stereocenters. The lowest BCUT2D eigenvalue weighted by Gasteiger charge is -2.24. The van der Waals surface area contributed by atoms with E-state index in [9.17, 15) is 4.79 Å². The molecule has 31 heavy (non-hydrogen) atoms. The molecule has 0 saturated carbocycles. The van der Waals surface area contributed by atoms with Crippen LogP contribution >= 0.6 is 0 Å². The zero-order valence-corrected chi connectivity index (χ0v) is 16.9. The van der Waals surface area contributed by atoms with Gasteiger partial charge in [0, 0.05) is 24.0 Å². The van der Waals surface area contributed by atoms with Gasteiger partial charge in [0.1, 0.15) is 11.3 Å². The molecule has 2 saturated heterocycles. The highest BCUT2D eigenvalue weighted by molar-refractivity contribution is 6.04. The Balaban J connectivity index is 1.26. The van der Waals surface area contributed by atoms with Gasteiger partial charge in [-0.15, -0.1) is 0 Å². The Morgan fingerprint density at radius 3 is 3.03 bits per heavy atom. The first kappa shape index (κ1) is 18.1. The van der Waals surface area contributed by atoms with E-state index in [4.69, 9.17) is 9.26 Å². The molecule has 2 aliphatic rings. The Bertz CT molecular complexity index is 1300. The van der Waals surface area contributed by atoms with Crippen LogP contribution in [0.2, 0.25) is 0 Å². The van der Waals surface area contributed by atoms with Crippen molar-refractivity contribution >= 4 is 23.2 Å². The molecular formula is C22H20N6O3. The standard InChI is InChI=1S/C22H20N6O3/c1-13-5-6-14(21-25-22(26-31-21)28-11-16-9-15(28)12-30-16)8-17(13)24-20(29)18-10-23-19-4-2-3-7-27(18)19/h2-8,10,15-16H,9,11-12H2,1H3,(H,24,29). The number of carbonyl (C=O) groups excluding carboxylic acids is 1. The third kappa shape index (κ3) is 3.05. The average Bonchev–Trinajstić information content (AvgIpc) is 3.57. The average molecular weight is 416 g/mol. The van der Waals surface area contributed by atoms with E-state index < -0.39 is 0 Å². The van der Waals surface area contributed by atoms with Crippen LogP contribution in [0.5, 0.6) is 0 Å². The number of benzene rings is 1. The highest BCUT2D eigenvalue weighted by Crippen LogP contribution is 2.32. The summed E-state index contributed by atoms with van der Waals surface area (Å²) < 4.78 is 12.9. The number of hydrogen-bond donors (Lipinski definition) is 1. The molecule has 9 heteroatoms. The van der Waals surface area contributed by atoms with Crippen LogP contribution in [0, 0.1) is 6.92 Å². The normalized spacial score (nSPS) is 20.0. The Morgan fingerprint density at radius 1 is 1.26 bits per heavy atom. The molecule has 1 amide bonds. The Morgan fingerprint density at radius 2 is 2.19 bits per heavy atom. The van der Waals surface area contributed by atoms with E-state index in [1.807, 2.05) is 49.5 Å². The fourth-order valence-electron chi connectivity index (χ4n) is 4.27. The highest BCUT2D eigenvalue weighted by atomic mass is 16.5. The quantitative estimate of drug-likeness (QED) is 0.546. The van der Waals surface area contributed by atoms with Crippen LogP contribution in [0.4, 0.5) is 11.6 Å². The number of nitrogens with one attached hydrogen (secondary N) is 1. The van der Waals surface area contributed by atoms with Gasteiger partial charge in [-0.25, -0.2) is 4.98 Å². The number of pyridine rings is 1. The van der Waals surface area contributed by atoms with Gasteiger partial charge in [0.25, 0.3) is 17.7 Å². The first-order valence-corrected chi connectivity index (χ1v) is 10.2. The third-order valence-corrected chi connectivity index (χ3v) is 5.95. The van der Waals surface area contributed by atoms with Crippen molar-refractivity contribution in [1.29, 1.82) is 0 Å². The van der Waals surface area contributed by atoms with Crippen LogP contribution in [0.15, 0.2) is 53.3 Å². The van der Waals surface area contributed by atoms with Crippen LogP contribution in [-0.4, -0.2) is 50.7 Å². The van der Waals surface area contributed by atoms with Crippen molar-refractivity contribution < 1.29 is 14.1 Å². The zero-order chi connectivity index (χ0) is 20.9. The number of amides is 1. The molecule has 5 heterocycles. The van der Waals surface area contributed by atoms with Crippen molar-refractivity contribution in [2.45, 2.75) is 25.5 Å². The van der Waals surface area contributed by atoms with Gasteiger partial charge in [0.05, 0.1) is 24.9 Å². The minimum Gasteiger partial charge on any atom is -0.374 e. The van der Waals surface area contributed by atoms with Crippen molar-refractivity contribution in [2.24, 2.45) is 0 Å². The number of morpholine rings is 1. The van der Waals surface area contributed by atoms with Crippen molar-refractivity contribution in [3.05, 3.63) is 60.0 Å². The Hall–Kier alpha value is -3.72. The van der Waals surface area contributed by atoms with Gasteiger partial charge >= 0.3 is 0 Å². The molecule has 2 fully saturated rings. The summed E-state index contributed by atoms with van der Waals surface area (Å²) in [5.41, 5.74) is 3.55. The SMILES string of the molecule is Cc1ccc(-c2nc(N3CC4CC3CO4)no2)cc1NC(=O)c1cnc2ccccn12. The number of aryl methyl sites for hydroxylation is 1. The maximum atomic E-state index is 12.9. The summed E-state index contributed by atoms with van der Waals surface area (Å²) in [5, 5.41) is 7.15. The van der Waals surface area contributed by atoms with Gasteiger partial charge < -0.3 is 19.5 Å². The second-order valence-corrected chi connectivity index (χ2v) is 7.95. The monoisotopic (exact) mass is 416 g/mol. The Kier molecular flexibility index (Phi) is 4.03. The van der Waals surface area contributed by atoms with E-state index in [1.54, 1.807) is 10.6 Å². The van der Waals surface area contributed by atoms with E-state index in [1.165, 1.54) is 0 Å². The summed E-state index contributed by atoms with van der Waals surface area (Å²) in [5.74, 6) is 0.768. The molecule has 9 nitrogen and oxygen atoms in total. The first-order valence-electron chi connectivity index (χ1n) is 10.2. The van der Waals surface area contributed by atoms with Crippen molar-refractivity contribution in [1.82, 2.24) is 19.5 Å². The number of anilines is 2. The van der Waals surface area contributed by atoms with Crippen LogP contribution < -0.4 is 10.2 Å². The van der Waals surface area contributed by atoms with Gasteiger partial charge in [-0.05, 0) is 48.3 Å². The predicted octanol–water partition coefficient (Wildman–Crippen LogP) is 2.92. The number of imidazole rings is 1. The summed E-state index contributed by atoms with van der Waals surface area (Å²) in [6.45, 7) is 3.44. The number of carbonyl (C=O) groups is 1. The van der Waals surface area contributed by atoms with Crippen molar-refractivity contribution in [2.75, 3.05) is 23.4 Å². The molecule has 0 spiro atoms. The topological polar surface area (TPSA) is 97.8 Å². The molecule has 156 valence electrons. The van der Waals surface area contributed by atoms with Crippen molar-refractivity contribution in [3.63, 3.8) is 0 Å². The maximum absolute atomic E-state index is 12.9. The summed E-state index contributed by atoms with van der Waals surface area (Å²) >= 11 is 0.